The number of pyridine rings is 1. The van der Waals surface area contributed by atoms with Gasteiger partial charge in [0.05, 0.1) is 7.11 Å². The molecule has 1 heterocycles. The van der Waals surface area contributed by atoms with Crippen LogP contribution >= 0.6 is 0 Å². The molecule has 2 aromatic rings. The first-order chi connectivity index (χ1) is 10.9. The molecule has 1 N–H and O–H groups in total. The van der Waals surface area contributed by atoms with E-state index >= 15 is 0 Å². The highest BCUT2D eigenvalue weighted by Crippen LogP contribution is 2.14. The van der Waals surface area contributed by atoms with Crippen molar-refractivity contribution in [2.45, 2.75) is 23.7 Å². The molecule has 6 nitrogen and oxygen atoms in total. The second kappa shape index (κ2) is 7.23. The molecule has 7 heteroatoms. The summed E-state index contributed by atoms with van der Waals surface area (Å²) in [6.45, 7) is 1.57. The van der Waals surface area contributed by atoms with Crippen LogP contribution in [0.25, 0.3) is 0 Å². The minimum atomic E-state index is -3.80. The molecule has 0 aliphatic heterocycles. The summed E-state index contributed by atoms with van der Waals surface area (Å²) in [5, 5.41) is 1.30. The molecule has 2 rings (SSSR count). The molecule has 0 radical (unpaired) electrons. The van der Waals surface area contributed by atoms with Crippen LogP contribution in [0.15, 0.2) is 53.7 Å². The van der Waals surface area contributed by atoms with Crippen molar-refractivity contribution >= 4 is 15.7 Å². The van der Waals surface area contributed by atoms with Crippen molar-refractivity contribution in [3.8, 4) is 5.75 Å². The van der Waals surface area contributed by atoms with Crippen molar-refractivity contribution in [3.05, 3.63) is 54.2 Å². The number of amides is 1. The smallest absolute Gasteiger partial charge is 0.238 e. The van der Waals surface area contributed by atoms with Gasteiger partial charge in [0, 0.05) is 12.7 Å². The monoisotopic (exact) mass is 334 g/mol. The number of aromatic nitrogens is 1. The zero-order valence-electron chi connectivity index (χ0n) is 12.9. The van der Waals surface area contributed by atoms with Gasteiger partial charge in [-0.1, -0.05) is 18.2 Å². The minimum Gasteiger partial charge on any atom is -0.497 e. The van der Waals surface area contributed by atoms with E-state index < -0.39 is 21.0 Å². The standard InChI is InChI=1S/C16H18N2O4S/c1-12(23(20,21)15-8-3-4-9-17-15)16(19)18-11-13-6-5-7-14(10-13)22-2/h3-10,12H,11H2,1-2H3,(H,18,19)/t12-/m1/s1. The summed E-state index contributed by atoms with van der Waals surface area (Å²) in [5.41, 5.74) is 0.820. The number of carbonyl (C=O) groups excluding carboxylic acids is 1. The Balaban J connectivity index is 2.05. The summed E-state index contributed by atoms with van der Waals surface area (Å²) < 4.78 is 29.8. The van der Waals surface area contributed by atoms with E-state index in [0.717, 1.165) is 5.56 Å². The van der Waals surface area contributed by atoms with Crippen LogP contribution in [0.5, 0.6) is 5.75 Å². The van der Waals surface area contributed by atoms with E-state index in [1.165, 1.54) is 19.2 Å². The number of nitrogens with zero attached hydrogens (tertiary/aromatic N) is 1. The molecule has 0 saturated heterocycles. The molecule has 0 unspecified atom stereocenters. The molecule has 0 bridgehead atoms. The summed E-state index contributed by atoms with van der Waals surface area (Å²) >= 11 is 0. The van der Waals surface area contributed by atoms with E-state index in [-0.39, 0.29) is 11.6 Å². The van der Waals surface area contributed by atoms with E-state index in [0.29, 0.717) is 5.75 Å². The van der Waals surface area contributed by atoms with Crippen molar-refractivity contribution in [3.63, 3.8) is 0 Å². The van der Waals surface area contributed by atoms with Gasteiger partial charge < -0.3 is 10.1 Å². The van der Waals surface area contributed by atoms with E-state index in [1.54, 1.807) is 37.4 Å². The van der Waals surface area contributed by atoms with Crippen molar-refractivity contribution < 1.29 is 17.9 Å². The molecule has 1 atom stereocenters. The Kier molecular flexibility index (Phi) is 5.33. The fourth-order valence-corrected chi connectivity index (χ4v) is 3.16. The predicted molar refractivity (Wildman–Crippen MR) is 85.7 cm³/mol. The zero-order chi connectivity index (χ0) is 16.9. The predicted octanol–water partition coefficient (Wildman–Crippen LogP) is 1.57. The van der Waals surface area contributed by atoms with Gasteiger partial charge in [-0.25, -0.2) is 13.4 Å². The van der Waals surface area contributed by atoms with Crippen LogP contribution in [-0.4, -0.2) is 31.7 Å². The first kappa shape index (κ1) is 17.0. The first-order valence-corrected chi connectivity index (χ1v) is 8.55. The first-order valence-electron chi connectivity index (χ1n) is 7.00. The van der Waals surface area contributed by atoms with Crippen molar-refractivity contribution in [2.75, 3.05) is 7.11 Å². The maximum atomic E-state index is 12.3. The van der Waals surface area contributed by atoms with Crippen molar-refractivity contribution in [1.82, 2.24) is 10.3 Å². The lowest BCUT2D eigenvalue weighted by atomic mass is 10.2. The number of methoxy groups -OCH3 is 1. The minimum absolute atomic E-state index is 0.107. The zero-order valence-corrected chi connectivity index (χ0v) is 13.7. The van der Waals surface area contributed by atoms with Crippen LogP contribution in [0.2, 0.25) is 0 Å². The summed E-state index contributed by atoms with van der Waals surface area (Å²) in [5.74, 6) is 0.101. The van der Waals surface area contributed by atoms with Gasteiger partial charge in [-0.2, -0.15) is 0 Å². The Labute approximate surface area is 135 Å². The van der Waals surface area contributed by atoms with Crippen LogP contribution in [0.1, 0.15) is 12.5 Å². The van der Waals surface area contributed by atoms with Crippen LogP contribution in [0.3, 0.4) is 0 Å². The Morgan fingerprint density at radius 2 is 2.04 bits per heavy atom. The Bertz CT molecular complexity index is 776. The van der Waals surface area contributed by atoms with Gasteiger partial charge >= 0.3 is 0 Å². The third-order valence-corrected chi connectivity index (χ3v) is 5.33. The normalized spacial score (nSPS) is 12.4. The largest absolute Gasteiger partial charge is 0.497 e. The highest BCUT2D eigenvalue weighted by Gasteiger charge is 2.30. The summed E-state index contributed by atoms with van der Waals surface area (Å²) in [4.78, 5) is 16.0. The second-order valence-corrected chi connectivity index (χ2v) is 7.14. The molecule has 1 aromatic heterocycles. The van der Waals surface area contributed by atoms with Gasteiger partial charge in [0.1, 0.15) is 11.0 Å². The van der Waals surface area contributed by atoms with Gasteiger partial charge in [0.15, 0.2) is 5.03 Å². The maximum Gasteiger partial charge on any atom is 0.238 e. The lowest BCUT2D eigenvalue weighted by Crippen LogP contribution is -2.37. The molecular weight excluding hydrogens is 316 g/mol. The number of hydrogen-bond donors (Lipinski definition) is 1. The number of sulfone groups is 1. The Morgan fingerprint density at radius 1 is 1.26 bits per heavy atom. The molecule has 0 saturated carbocycles. The van der Waals surface area contributed by atoms with Gasteiger partial charge in [0.2, 0.25) is 15.7 Å². The molecule has 1 amide bonds. The summed E-state index contributed by atoms with van der Waals surface area (Å²) in [7, 11) is -2.25. The number of carbonyl (C=O) groups is 1. The molecule has 1 aromatic carbocycles. The molecule has 23 heavy (non-hydrogen) atoms. The third-order valence-electron chi connectivity index (χ3n) is 3.36. The highest BCUT2D eigenvalue weighted by molar-refractivity contribution is 7.92. The van der Waals surface area contributed by atoms with E-state index in [2.05, 4.69) is 10.3 Å². The summed E-state index contributed by atoms with van der Waals surface area (Å²) in [6.07, 6.45) is 1.38. The van der Waals surface area contributed by atoms with Crippen molar-refractivity contribution in [1.29, 1.82) is 0 Å². The van der Waals surface area contributed by atoms with Gasteiger partial charge in [-0.15, -0.1) is 0 Å². The average Bonchev–Trinajstić information content (AvgIpc) is 2.59. The van der Waals surface area contributed by atoms with E-state index in [4.69, 9.17) is 4.74 Å². The van der Waals surface area contributed by atoms with Gasteiger partial charge in [-0.05, 0) is 36.8 Å². The third kappa shape index (κ3) is 4.07. The fraction of sp³-hybridized carbons (Fsp3) is 0.250. The Morgan fingerprint density at radius 3 is 2.70 bits per heavy atom. The van der Waals surface area contributed by atoms with Crippen molar-refractivity contribution in [2.24, 2.45) is 0 Å². The van der Waals surface area contributed by atoms with E-state index in [9.17, 15) is 13.2 Å². The summed E-state index contributed by atoms with van der Waals surface area (Å²) in [6, 6.07) is 11.8. The SMILES string of the molecule is COc1cccc(CNC(=O)[C@@H](C)S(=O)(=O)c2ccccn2)c1. The van der Waals surface area contributed by atoms with E-state index in [1.807, 2.05) is 6.07 Å². The molecule has 0 aliphatic rings. The average molecular weight is 334 g/mol. The fourth-order valence-electron chi connectivity index (χ4n) is 1.95. The number of rotatable bonds is 6. The molecule has 0 spiro atoms. The van der Waals surface area contributed by atoms with Crippen LogP contribution in [0, 0.1) is 0 Å². The maximum absolute atomic E-state index is 12.3. The molecule has 0 fully saturated rings. The number of nitrogens with one attached hydrogen (secondary N) is 1. The number of hydrogen-bond acceptors (Lipinski definition) is 5. The van der Waals surface area contributed by atoms with Gasteiger partial charge in [0.25, 0.3) is 0 Å². The van der Waals surface area contributed by atoms with Gasteiger partial charge in [-0.3, -0.25) is 4.79 Å². The lowest BCUT2D eigenvalue weighted by Gasteiger charge is -2.13. The second-order valence-electron chi connectivity index (χ2n) is 4.92. The van der Waals surface area contributed by atoms with Crippen LogP contribution < -0.4 is 10.1 Å². The topological polar surface area (TPSA) is 85.4 Å². The number of benzene rings is 1. The Hall–Kier alpha value is -2.41. The molecule has 0 aliphatic carbocycles. The quantitative estimate of drug-likeness (QED) is 0.867. The molecule has 122 valence electrons. The number of ether oxygens (including phenoxy) is 1. The lowest BCUT2D eigenvalue weighted by molar-refractivity contribution is -0.120. The van der Waals surface area contributed by atoms with Crippen LogP contribution in [0.4, 0.5) is 0 Å². The molecular formula is C16H18N2O4S. The van der Waals surface area contributed by atoms with Crippen LogP contribution in [-0.2, 0) is 21.2 Å². The highest BCUT2D eigenvalue weighted by atomic mass is 32.2.